The van der Waals surface area contributed by atoms with Crippen LogP contribution in [0.2, 0.25) is 0 Å². The largest absolute Gasteiger partial charge is 0.496 e. The molecule has 3 rings (SSSR count). The first kappa shape index (κ1) is 14.8. The lowest BCUT2D eigenvalue weighted by Gasteiger charge is -2.12. The number of rotatable bonds is 4. The third-order valence-corrected chi connectivity index (χ3v) is 3.47. The summed E-state index contributed by atoms with van der Waals surface area (Å²) in [6, 6.07) is 14.7. The Kier molecular flexibility index (Phi) is 4.10. The minimum Gasteiger partial charge on any atom is -0.496 e. The van der Waals surface area contributed by atoms with Crippen molar-refractivity contribution in [2.45, 2.75) is 0 Å². The van der Waals surface area contributed by atoms with E-state index >= 15 is 0 Å². The first-order valence-electron chi connectivity index (χ1n) is 7.14. The Morgan fingerprint density at radius 1 is 1.09 bits per heavy atom. The standard InChI is InChI=1S/C18H16N2O3/c1-19-18(21)14-10-13-15(11-17(14)22-2)20-9-8-16(13)23-12-6-4-3-5-7-12/h3-11H,1-2H3,(H,19,21). The van der Waals surface area contributed by atoms with Gasteiger partial charge in [-0.2, -0.15) is 0 Å². The molecule has 0 atom stereocenters. The molecule has 0 bridgehead atoms. The number of methoxy groups -OCH3 is 1. The second kappa shape index (κ2) is 6.36. The number of carbonyl (C=O) groups excluding carboxylic acids is 1. The number of pyridine rings is 1. The van der Waals surface area contributed by atoms with E-state index in [-0.39, 0.29) is 5.91 Å². The van der Waals surface area contributed by atoms with Crippen LogP contribution in [-0.2, 0) is 0 Å². The van der Waals surface area contributed by atoms with Crippen molar-refractivity contribution in [3.63, 3.8) is 0 Å². The molecule has 23 heavy (non-hydrogen) atoms. The average molecular weight is 308 g/mol. The molecule has 2 aromatic carbocycles. The number of carbonyl (C=O) groups is 1. The first-order chi connectivity index (χ1) is 11.2. The molecule has 5 nitrogen and oxygen atoms in total. The molecular formula is C18H16N2O3. The van der Waals surface area contributed by atoms with Crippen LogP contribution in [0.15, 0.2) is 54.7 Å². The highest BCUT2D eigenvalue weighted by molar-refractivity contribution is 6.02. The van der Waals surface area contributed by atoms with E-state index in [0.29, 0.717) is 22.6 Å². The van der Waals surface area contributed by atoms with Crippen LogP contribution in [0.3, 0.4) is 0 Å². The van der Waals surface area contributed by atoms with E-state index in [9.17, 15) is 4.79 Å². The Balaban J connectivity index is 2.14. The number of nitrogens with zero attached hydrogens (tertiary/aromatic N) is 1. The van der Waals surface area contributed by atoms with Crippen molar-refractivity contribution in [3.8, 4) is 17.2 Å². The Morgan fingerprint density at radius 3 is 2.57 bits per heavy atom. The average Bonchev–Trinajstić information content (AvgIpc) is 2.61. The Bertz CT molecular complexity index is 848. The molecule has 1 amide bonds. The van der Waals surface area contributed by atoms with Gasteiger partial charge in [0.05, 0.1) is 18.2 Å². The van der Waals surface area contributed by atoms with Gasteiger partial charge in [0, 0.05) is 24.7 Å². The van der Waals surface area contributed by atoms with Crippen molar-refractivity contribution >= 4 is 16.8 Å². The van der Waals surface area contributed by atoms with E-state index in [4.69, 9.17) is 9.47 Å². The number of amides is 1. The predicted octanol–water partition coefficient (Wildman–Crippen LogP) is 3.40. The highest BCUT2D eigenvalue weighted by Gasteiger charge is 2.15. The van der Waals surface area contributed by atoms with Crippen molar-refractivity contribution in [2.24, 2.45) is 0 Å². The Labute approximate surface area is 133 Å². The quantitative estimate of drug-likeness (QED) is 0.802. The fourth-order valence-electron chi connectivity index (χ4n) is 2.33. The lowest BCUT2D eigenvalue weighted by Crippen LogP contribution is -2.18. The summed E-state index contributed by atoms with van der Waals surface area (Å²) in [5.74, 6) is 1.60. The van der Waals surface area contributed by atoms with Gasteiger partial charge in [0.25, 0.3) is 5.91 Å². The highest BCUT2D eigenvalue weighted by Crippen LogP contribution is 2.33. The molecule has 0 spiro atoms. The monoisotopic (exact) mass is 308 g/mol. The number of para-hydroxylation sites is 1. The van der Waals surface area contributed by atoms with Gasteiger partial charge in [0.15, 0.2) is 0 Å². The Hall–Kier alpha value is -3.08. The van der Waals surface area contributed by atoms with Crippen LogP contribution in [0.1, 0.15) is 10.4 Å². The number of nitrogens with one attached hydrogen (secondary N) is 1. The van der Waals surface area contributed by atoms with Crippen molar-refractivity contribution in [2.75, 3.05) is 14.2 Å². The van der Waals surface area contributed by atoms with Gasteiger partial charge in [-0.15, -0.1) is 0 Å². The normalized spacial score (nSPS) is 10.3. The van der Waals surface area contributed by atoms with Crippen LogP contribution >= 0.6 is 0 Å². The smallest absolute Gasteiger partial charge is 0.254 e. The summed E-state index contributed by atoms with van der Waals surface area (Å²) in [5.41, 5.74) is 1.14. The second-order valence-electron chi connectivity index (χ2n) is 4.87. The molecule has 1 N–H and O–H groups in total. The van der Waals surface area contributed by atoms with Crippen molar-refractivity contribution in [1.29, 1.82) is 0 Å². The highest BCUT2D eigenvalue weighted by atomic mass is 16.5. The first-order valence-corrected chi connectivity index (χ1v) is 7.14. The number of fused-ring (bicyclic) bond motifs is 1. The van der Waals surface area contributed by atoms with Crippen LogP contribution in [0.5, 0.6) is 17.2 Å². The molecule has 0 saturated carbocycles. The van der Waals surface area contributed by atoms with Gasteiger partial charge in [0.1, 0.15) is 17.2 Å². The van der Waals surface area contributed by atoms with Crippen LogP contribution in [0.4, 0.5) is 0 Å². The van der Waals surface area contributed by atoms with E-state index in [1.165, 1.54) is 7.11 Å². The number of benzene rings is 2. The zero-order valence-corrected chi connectivity index (χ0v) is 12.9. The third kappa shape index (κ3) is 2.94. The van der Waals surface area contributed by atoms with Crippen LogP contribution in [0, 0.1) is 0 Å². The van der Waals surface area contributed by atoms with E-state index < -0.39 is 0 Å². The fourth-order valence-corrected chi connectivity index (χ4v) is 2.33. The molecule has 0 fully saturated rings. The molecule has 0 aliphatic heterocycles. The molecule has 3 aromatic rings. The van der Waals surface area contributed by atoms with E-state index in [0.717, 1.165) is 11.1 Å². The van der Waals surface area contributed by atoms with Gasteiger partial charge >= 0.3 is 0 Å². The van der Waals surface area contributed by atoms with Gasteiger partial charge in [-0.3, -0.25) is 9.78 Å². The summed E-state index contributed by atoms with van der Waals surface area (Å²) < 4.78 is 11.2. The molecule has 0 radical (unpaired) electrons. The van der Waals surface area contributed by atoms with E-state index in [1.54, 1.807) is 31.4 Å². The lowest BCUT2D eigenvalue weighted by molar-refractivity contribution is 0.0960. The van der Waals surface area contributed by atoms with Gasteiger partial charge < -0.3 is 14.8 Å². The predicted molar refractivity (Wildman–Crippen MR) is 88.2 cm³/mol. The molecule has 0 unspecified atom stereocenters. The Morgan fingerprint density at radius 2 is 1.87 bits per heavy atom. The number of aromatic nitrogens is 1. The topological polar surface area (TPSA) is 60.5 Å². The molecule has 1 aromatic heterocycles. The van der Waals surface area contributed by atoms with Gasteiger partial charge in [-0.25, -0.2) is 0 Å². The van der Waals surface area contributed by atoms with Gasteiger partial charge in [-0.05, 0) is 24.3 Å². The van der Waals surface area contributed by atoms with Crippen molar-refractivity contribution in [3.05, 3.63) is 60.3 Å². The summed E-state index contributed by atoms with van der Waals surface area (Å²) in [7, 11) is 3.11. The van der Waals surface area contributed by atoms with E-state index in [2.05, 4.69) is 10.3 Å². The maximum atomic E-state index is 12.1. The lowest BCUT2D eigenvalue weighted by atomic mass is 10.1. The fraction of sp³-hybridized carbons (Fsp3) is 0.111. The van der Waals surface area contributed by atoms with Crippen LogP contribution in [0.25, 0.3) is 10.9 Å². The van der Waals surface area contributed by atoms with Crippen molar-refractivity contribution < 1.29 is 14.3 Å². The number of hydrogen-bond acceptors (Lipinski definition) is 4. The summed E-state index contributed by atoms with van der Waals surface area (Å²) >= 11 is 0. The molecule has 1 heterocycles. The molecule has 0 aliphatic rings. The minimum atomic E-state index is -0.224. The summed E-state index contributed by atoms with van der Waals surface area (Å²) in [4.78, 5) is 16.4. The van der Waals surface area contributed by atoms with Crippen molar-refractivity contribution in [1.82, 2.24) is 10.3 Å². The molecule has 0 aliphatic carbocycles. The zero-order valence-electron chi connectivity index (χ0n) is 12.9. The van der Waals surface area contributed by atoms with Gasteiger partial charge in [0.2, 0.25) is 0 Å². The molecule has 116 valence electrons. The summed E-state index contributed by atoms with van der Waals surface area (Å²) in [5, 5.41) is 3.36. The summed E-state index contributed by atoms with van der Waals surface area (Å²) in [6.45, 7) is 0. The molecule has 0 saturated heterocycles. The number of ether oxygens (including phenoxy) is 2. The minimum absolute atomic E-state index is 0.224. The second-order valence-corrected chi connectivity index (χ2v) is 4.87. The van der Waals surface area contributed by atoms with Crippen LogP contribution < -0.4 is 14.8 Å². The maximum Gasteiger partial charge on any atom is 0.254 e. The molecular weight excluding hydrogens is 292 g/mol. The summed E-state index contributed by atoms with van der Waals surface area (Å²) in [6.07, 6.45) is 1.67. The molecule has 5 heteroatoms. The third-order valence-electron chi connectivity index (χ3n) is 3.47. The van der Waals surface area contributed by atoms with E-state index in [1.807, 2.05) is 30.3 Å². The number of hydrogen-bond donors (Lipinski definition) is 1. The van der Waals surface area contributed by atoms with Crippen LogP contribution in [-0.4, -0.2) is 25.0 Å². The SMILES string of the molecule is CNC(=O)c1cc2c(Oc3ccccc3)ccnc2cc1OC. The zero-order chi connectivity index (χ0) is 16.2. The van der Waals surface area contributed by atoms with Gasteiger partial charge in [-0.1, -0.05) is 18.2 Å². The maximum absolute atomic E-state index is 12.1.